The van der Waals surface area contributed by atoms with Crippen molar-refractivity contribution in [3.63, 3.8) is 0 Å². The molecule has 0 saturated carbocycles. The standard InChI is InChI=1S/C11H10BrN3O/c12-7-11(16)14-9-2-1-3-10(6-9)15-5-4-13-8-15/h1-6,8H,7H2,(H,14,16). The van der Waals surface area contributed by atoms with Gasteiger partial charge in [0.15, 0.2) is 0 Å². The summed E-state index contributed by atoms with van der Waals surface area (Å²) in [5, 5.41) is 3.07. The number of aromatic nitrogens is 2. The van der Waals surface area contributed by atoms with Gasteiger partial charge in [-0.2, -0.15) is 0 Å². The molecule has 0 spiro atoms. The Kier molecular flexibility index (Phi) is 3.36. The zero-order valence-corrected chi connectivity index (χ0v) is 10.0. The van der Waals surface area contributed by atoms with Crippen LogP contribution in [0.4, 0.5) is 5.69 Å². The molecular formula is C11H10BrN3O. The van der Waals surface area contributed by atoms with Crippen LogP contribution in [0.25, 0.3) is 5.69 Å². The van der Waals surface area contributed by atoms with E-state index in [-0.39, 0.29) is 5.91 Å². The van der Waals surface area contributed by atoms with Crippen molar-refractivity contribution in [3.8, 4) is 5.69 Å². The number of hydrogen-bond donors (Lipinski definition) is 1. The Balaban J connectivity index is 2.23. The Morgan fingerprint density at radius 2 is 2.38 bits per heavy atom. The Hall–Kier alpha value is -1.62. The zero-order chi connectivity index (χ0) is 11.4. The van der Waals surface area contributed by atoms with Crippen molar-refractivity contribution in [2.24, 2.45) is 0 Å². The number of hydrogen-bond acceptors (Lipinski definition) is 2. The maximum absolute atomic E-state index is 11.2. The van der Waals surface area contributed by atoms with Crippen molar-refractivity contribution < 1.29 is 4.79 Å². The first kappa shape index (κ1) is 10.9. The number of benzene rings is 1. The summed E-state index contributed by atoms with van der Waals surface area (Å²) in [4.78, 5) is 15.2. The van der Waals surface area contributed by atoms with Gasteiger partial charge in [-0.15, -0.1) is 0 Å². The fourth-order valence-electron chi connectivity index (χ4n) is 1.35. The summed E-state index contributed by atoms with van der Waals surface area (Å²) in [6.45, 7) is 0. The van der Waals surface area contributed by atoms with E-state index >= 15 is 0 Å². The Bertz CT molecular complexity index is 482. The lowest BCUT2D eigenvalue weighted by atomic mass is 10.2. The number of halogens is 1. The van der Waals surface area contributed by atoms with E-state index in [2.05, 4.69) is 26.2 Å². The van der Waals surface area contributed by atoms with Gasteiger partial charge < -0.3 is 9.88 Å². The molecule has 82 valence electrons. The smallest absolute Gasteiger partial charge is 0.235 e. The van der Waals surface area contributed by atoms with E-state index in [1.165, 1.54) is 0 Å². The quantitative estimate of drug-likeness (QED) is 0.876. The summed E-state index contributed by atoms with van der Waals surface area (Å²) in [7, 11) is 0. The molecule has 5 heteroatoms. The molecule has 1 aromatic heterocycles. The van der Waals surface area contributed by atoms with Crippen molar-refractivity contribution in [3.05, 3.63) is 43.0 Å². The molecule has 4 nitrogen and oxygen atoms in total. The predicted molar refractivity (Wildman–Crippen MR) is 66.0 cm³/mol. The lowest BCUT2D eigenvalue weighted by Crippen LogP contribution is -2.12. The summed E-state index contributed by atoms with van der Waals surface area (Å²) in [5.74, 6) is -0.0669. The molecule has 1 amide bonds. The van der Waals surface area contributed by atoms with Crippen LogP contribution in [0.3, 0.4) is 0 Å². The van der Waals surface area contributed by atoms with E-state index in [0.29, 0.717) is 5.33 Å². The SMILES string of the molecule is O=C(CBr)Nc1cccc(-n2ccnc2)c1. The predicted octanol–water partition coefficient (Wildman–Crippen LogP) is 2.21. The van der Waals surface area contributed by atoms with Crippen LogP contribution < -0.4 is 5.32 Å². The van der Waals surface area contributed by atoms with Gasteiger partial charge in [0.05, 0.1) is 11.7 Å². The molecule has 1 heterocycles. The van der Waals surface area contributed by atoms with E-state index < -0.39 is 0 Å². The summed E-state index contributed by atoms with van der Waals surface area (Å²) >= 11 is 3.10. The second-order valence-corrected chi connectivity index (χ2v) is 3.76. The number of amides is 1. The second kappa shape index (κ2) is 4.94. The molecule has 0 unspecified atom stereocenters. The molecule has 0 saturated heterocycles. The van der Waals surface area contributed by atoms with Gasteiger partial charge in [-0.3, -0.25) is 4.79 Å². The molecule has 0 aliphatic heterocycles. The van der Waals surface area contributed by atoms with Crippen LogP contribution in [-0.4, -0.2) is 20.8 Å². The Morgan fingerprint density at radius 3 is 3.06 bits per heavy atom. The maximum Gasteiger partial charge on any atom is 0.235 e. The first-order valence-corrected chi connectivity index (χ1v) is 5.86. The average molecular weight is 280 g/mol. The zero-order valence-electron chi connectivity index (χ0n) is 8.43. The molecule has 1 N–H and O–H groups in total. The van der Waals surface area contributed by atoms with E-state index in [9.17, 15) is 4.79 Å². The van der Waals surface area contributed by atoms with Crippen LogP contribution in [0.1, 0.15) is 0 Å². The average Bonchev–Trinajstić information content (AvgIpc) is 2.83. The van der Waals surface area contributed by atoms with E-state index in [0.717, 1.165) is 11.4 Å². The fourth-order valence-corrected chi connectivity index (χ4v) is 1.49. The number of imidazole rings is 1. The van der Waals surface area contributed by atoms with Crippen LogP contribution in [0.5, 0.6) is 0 Å². The molecule has 0 radical (unpaired) electrons. The number of nitrogens with one attached hydrogen (secondary N) is 1. The normalized spacial score (nSPS) is 10.1. The summed E-state index contributed by atoms with van der Waals surface area (Å²) < 4.78 is 1.88. The van der Waals surface area contributed by atoms with Gasteiger partial charge in [-0.1, -0.05) is 22.0 Å². The monoisotopic (exact) mass is 279 g/mol. The highest BCUT2D eigenvalue weighted by molar-refractivity contribution is 9.09. The van der Waals surface area contributed by atoms with E-state index in [1.807, 2.05) is 35.0 Å². The molecule has 0 bridgehead atoms. The highest BCUT2D eigenvalue weighted by atomic mass is 79.9. The largest absolute Gasteiger partial charge is 0.325 e. The molecule has 2 aromatic rings. The van der Waals surface area contributed by atoms with Crippen LogP contribution in [-0.2, 0) is 4.79 Å². The third-order valence-electron chi connectivity index (χ3n) is 2.05. The number of anilines is 1. The van der Waals surface area contributed by atoms with Gasteiger partial charge in [0.2, 0.25) is 5.91 Å². The van der Waals surface area contributed by atoms with Crippen molar-refractivity contribution in [1.29, 1.82) is 0 Å². The van der Waals surface area contributed by atoms with Crippen LogP contribution >= 0.6 is 15.9 Å². The van der Waals surface area contributed by atoms with Crippen molar-refractivity contribution in [2.45, 2.75) is 0 Å². The van der Waals surface area contributed by atoms with Gasteiger partial charge in [-0.25, -0.2) is 4.98 Å². The molecule has 1 aromatic carbocycles. The molecular weight excluding hydrogens is 270 g/mol. The minimum absolute atomic E-state index is 0.0669. The molecule has 0 aliphatic carbocycles. The van der Waals surface area contributed by atoms with Gasteiger partial charge in [-0.05, 0) is 18.2 Å². The fraction of sp³-hybridized carbons (Fsp3) is 0.0909. The van der Waals surface area contributed by atoms with Gasteiger partial charge in [0.25, 0.3) is 0 Å². The highest BCUT2D eigenvalue weighted by Crippen LogP contribution is 2.14. The van der Waals surface area contributed by atoms with Crippen LogP contribution in [0, 0.1) is 0 Å². The van der Waals surface area contributed by atoms with Crippen molar-refractivity contribution in [1.82, 2.24) is 9.55 Å². The third-order valence-corrected chi connectivity index (χ3v) is 2.56. The first-order valence-electron chi connectivity index (χ1n) is 4.74. The molecule has 0 aliphatic rings. The molecule has 0 fully saturated rings. The van der Waals surface area contributed by atoms with Gasteiger partial charge >= 0.3 is 0 Å². The summed E-state index contributed by atoms with van der Waals surface area (Å²) in [6, 6.07) is 7.58. The van der Waals surface area contributed by atoms with Crippen LogP contribution in [0.2, 0.25) is 0 Å². The number of carbonyl (C=O) groups is 1. The number of alkyl halides is 1. The number of nitrogens with zero attached hydrogens (tertiary/aromatic N) is 2. The summed E-state index contributed by atoms with van der Waals surface area (Å²) in [6.07, 6.45) is 5.28. The lowest BCUT2D eigenvalue weighted by Gasteiger charge is -2.06. The van der Waals surface area contributed by atoms with E-state index in [1.54, 1.807) is 12.5 Å². The minimum Gasteiger partial charge on any atom is -0.325 e. The third kappa shape index (κ3) is 2.49. The Morgan fingerprint density at radius 1 is 1.50 bits per heavy atom. The maximum atomic E-state index is 11.2. The minimum atomic E-state index is -0.0669. The number of carbonyl (C=O) groups excluding carboxylic acids is 1. The summed E-state index contributed by atoms with van der Waals surface area (Å²) in [5.41, 5.74) is 1.74. The van der Waals surface area contributed by atoms with Crippen molar-refractivity contribution >= 4 is 27.5 Å². The second-order valence-electron chi connectivity index (χ2n) is 3.20. The molecule has 2 rings (SSSR count). The van der Waals surface area contributed by atoms with Gasteiger partial charge in [0.1, 0.15) is 0 Å². The molecule has 0 atom stereocenters. The van der Waals surface area contributed by atoms with Gasteiger partial charge in [0, 0.05) is 23.8 Å². The lowest BCUT2D eigenvalue weighted by molar-refractivity contribution is -0.113. The number of rotatable bonds is 3. The topological polar surface area (TPSA) is 46.9 Å². The molecule has 16 heavy (non-hydrogen) atoms. The van der Waals surface area contributed by atoms with Crippen LogP contribution in [0.15, 0.2) is 43.0 Å². The Labute approximate surface area is 101 Å². The van der Waals surface area contributed by atoms with E-state index in [4.69, 9.17) is 0 Å². The first-order chi connectivity index (χ1) is 7.79. The van der Waals surface area contributed by atoms with Crippen molar-refractivity contribution in [2.75, 3.05) is 10.6 Å². The highest BCUT2D eigenvalue weighted by Gasteiger charge is 2.01.